The zero-order chi connectivity index (χ0) is 14.7. The van der Waals surface area contributed by atoms with Crippen LogP contribution in [0.5, 0.6) is 5.75 Å². The molecule has 2 fully saturated rings. The quantitative estimate of drug-likeness (QED) is 0.772. The van der Waals surface area contributed by atoms with Crippen molar-refractivity contribution in [2.75, 3.05) is 33.0 Å². The SMILES string of the molecule is Cc1ccc(CN2CCOCCC2=O)c(OC[C@@H]2CO2)c1. The van der Waals surface area contributed by atoms with E-state index < -0.39 is 0 Å². The Morgan fingerprint density at radius 1 is 1.38 bits per heavy atom. The lowest BCUT2D eigenvalue weighted by Gasteiger charge is -2.21. The van der Waals surface area contributed by atoms with E-state index in [0.717, 1.165) is 23.5 Å². The van der Waals surface area contributed by atoms with Crippen molar-refractivity contribution in [3.05, 3.63) is 29.3 Å². The highest BCUT2D eigenvalue weighted by Gasteiger charge is 2.24. The highest BCUT2D eigenvalue weighted by molar-refractivity contribution is 5.76. The number of carbonyl (C=O) groups is 1. The predicted molar refractivity (Wildman–Crippen MR) is 77.3 cm³/mol. The Kier molecular flexibility index (Phi) is 4.41. The van der Waals surface area contributed by atoms with Gasteiger partial charge in [-0.05, 0) is 18.6 Å². The summed E-state index contributed by atoms with van der Waals surface area (Å²) in [6.07, 6.45) is 0.685. The summed E-state index contributed by atoms with van der Waals surface area (Å²) in [6.45, 7) is 5.72. The first kappa shape index (κ1) is 14.4. The van der Waals surface area contributed by atoms with Crippen LogP contribution < -0.4 is 4.74 Å². The Labute approximate surface area is 124 Å². The third kappa shape index (κ3) is 3.95. The number of aryl methyl sites for hydroxylation is 1. The first-order chi connectivity index (χ1) is 10.2. The third-order valence-electron chi connectivity index (χ3n) is 3.73. The van der Waals surface area contributed by atoms with Crippen molar-refractivity contribution in [1.82, 2.24) is 4.90 Å². The molecule has 5 nitrogen and oxygen atoms in total. The molecule has 3 rings (SSSR count). The van der Waals surface area contributed by atoms with Crippen molar-refractivity contribution in [1.29, 1.82) is 0 Å². The van der Waals surface area contributed by atoms with E-state index in [1.807, 2.05) is 24.0 Å². The summed E-state index contributed by atoms with van der Waals surface area (Å²) < 4.78 is 16.4. The summed E-state index contributed by atoms with van der Waals surface area (Å²) in [5, 5.41) is 0. The lowest BCUT2D eigenvalue weighted by atomic mass is 10.1. The van der Waals surface area contributed by atoms with Gasteiger partial charge in [0.15, 0.2) is 0 Å². The molecule has 0 bridgehead atoms. The third-order valence-corrected chi connectivity index (χ3v) is 3.73. The molecule has 114 valence electrons. The maximum absolute atomic E-state index is 12.1. The monoisotopic (exact) mass is 291 g/mol. The largest absolute Gasteiger partial charge is 0.490 e. The first-order valence-electron chi connectivity index (χ1n) is 7.42. The van der Waals surface area contributed by atoms with Gasteiger partial charge < -0.3 is 19.1 Å². The maximum atomic E-state index is 12.1. The van der Waals surface area contributed by atoms with Gasteiger partial charge in [0.1, 0.15) is 18.5 Å². The number of epoxide rings is 1. The molecule has 1 atom stereocenters. The van der Waals surface area contributed by atoms with E-state index in [-0.39, 0.29) is 12.0 Å². The van der Waals surface area contributed by atoms with E-state index in [1.165, 1.54) is 0 Å². The molecule has 2 aliphatic heterocycles. The van der Waals surface area contributed by atoms with Crippen molar-refractivity contribution in [2.24, 2.45) is 0 Å². The minimum Gasteiger partial charge on any atom is -0.490 e. The Morgan fingerprint density at radius 3 is 3.05 bits per heavy atom. The van der Waals surface area contributed by atoms with Crippen LogP contribution in [0, 0.1) is 6.92 Å². The molecule has 5 heteroatoms. The topological polar surface area (TPSA) is 51.3 Å². The van der Waals surface area contributed by atoms with E-state index in [9.17, 15) is 4.79 Å². The molecule has 2 heterocycles. The van der Waals surface area contributed by atoms with Crippen LogP contribution in [0.4, 0.5) is 0 Å². The number of nitrogens with zero attached hydrogens (tertiary/aromatic N) is 1. The second-order valence-electron chi connectivity index (χ2n) is 5.56. The van der Waals surface area contributed by atoms with Crippen molar-refractivity contribution >= 4 is 5.91 Å². The first-order valence-corrected chi connectivity index (χ1v) is 7.42. The normalized spacial score (nSPS) is 22.0. The lowest BCUT2D eigenvalue weighted by Crippen LogP contribution is -2.31. The molecule has 0 spiro atoms. The highest BCUT2D eigenvalue weighted by Crippen LogP contribution is 2.24. The zero-order valence-corrected chi connectivity index (χ0v) is 12.3. The summed E-state index contributed by atoms with van der Waals surface area (Å²) in [5.41, 5.74) is 2.19. The smallest absolute Gasteiger partial charge is 0.225 e. The molecule has 0 unspecified atom stereocenters. The minimum atomic E-state index is 0.143. The van der Waals surface area contributed by atoms with Crippen LogP contribution in [0.15, 0.2) is 18.2 Å². The van der Waals surface area contributed by atoms with Gasteiger partial charge in [-0.2, -0.15) is 0 Å². The van der Waals surface area contributed by atoms with Crippen molar-refractivity contribution in [3.63, 3.8) is 0 Å². The van der Waals surface area contributed by atoms with E-state index in [2.05, 4.69) is 6.07 Å². The Hall–Kier alpha value is -1.59. The molecule has 21 heavy (non-hydrogen) atoms. The number of rotatable bonds is 5. The van der Waals surface area contributed by atoms with E-state index in [0.29, 0.717) is 39.3 Å². The fourth-order valence-corrected chi connectivity index (χ4v) is 2.37. The van der Waals surface area contributed by atoms with Gasteiger partial charge in [-0.3, -0.25) is 4.79 Å². The van der Waals surface area contributed by atoms with Gasteiger partial charge in [0, 0.05) is 18.7 Å². The molecule has 0 saturated carbocycles. The van der Waals surface area contributed by atoms with Crippen molar-refractivity contribution in [2.45, 2.75) is 26.0 Å². The molecule has 2 saturated heterocycles. The van der Waals surface area contributed by atoms with Crippen LogP contribution in [0.2, 0.25) is 0 Å². The minimum absolute atomic E-state index is 0.143. The van der Waals surface area contributed by atoms with Crippen LogP contribution in [0.3, 0.4) is 0 Å². The Morgan fingerprint density at radius 2 is 2.24 bits per heavy atom. The van der Waals surface area contributed by atoms with Gasteiger partial charge >= 0.3 is 0 Å². The molecular weight excluding hydrogens is 270 g/mol. The van der Waals surface area contributed by atoms with E-state index >= 15 is 0 Å². The van der Waals surface area contributed by atoms with Crippen LogP contribution >= 0.6 is 0 Å². The molecule has 0 aliphatic carbocycles. The summed E-state index contributed by atoms with van der Waals surface area (Å²) in [6, 6.07) is 6.11. The highest BCUT2D eigenvalue weighted by atomic mass is 16.6. The number of hydrogen-bond acceptors (Lipinski definition) is 4. The molecular formula is C16H21NO4. The van der Waals surface area contributed by atoms with Gasteiger partial charge in [-0.1, -0.05) is 12.1 Å². The van der Waals surface area contributed by atoms with Gasteiger partial charge in [-0.25, -0.2) is 0 Å². The lowest BCUT2D eigenvalue weighted by molar-refractivity contribution is -0.131. The predicted octanol–water partition coefficient (Wildman–Crippen LogP) is 1.52. The molecule has 1 amide bonds. The van der Waals surface area contributed by atoms with Crippen LogP contribution in [-0.2, 0) is 20.8 Å². The van der Waals surface area contributed by atoms with Crippen LogP contribution in [0.25, 0.3) is 0 Å². The standard InChI is InChI=1S/C16H21NO4/c1-12-2-3-13(15(8-12)21-11-14-10-20-14)9-17-5-7-19-6-4-16(17)18/h2-3,8,14H,4-7,9-11H2,1H3/t14-/m0/s1. The molecule has 0 radical (unpaired) electrons. The van der Waals surface area contributed by atoms with Crippen LogP contribution in [-0.4, -0.2) is 49.9 Å². The number of ether oxygens (including phenoxy) is 3. The summed E-state index contributed by atoms with van der Waals surface area (Å²) in [7, 11) is 0. The number of carbonyl (C=O) groups excluding carboxylic acids is 1. The van der Waals surface area contributed by atoms with E-state index in [4.69, 9.17) is 14.2 Å². The fraction of sp³-hybridized carbons (Fsp3) is 0.562. The molecule has 0 aromatic heterocycles. The van der Waals surface area contributed by atoms with Gasteiger partial charge in [0.2, 0.25) is 5.91 Å². The number of hydrogen-bond donors (Lipinski definition) is 0. The Balaban J connectivity index is 1.71. The number of amides is 1. The maximum Gasteiger partial charge on any atom is 0.225 e. The summed E-state index contributed by atoms with van der Waals surface area (Å²) >= 11 is 0. The van der Waals surface area contributed by atoms with Gasteiger partial charge in [0.25, 0.3) is 0 Å². The zero-order valence-electron chi connectivity index (χ0n) is 12.3. The molecule has 1 aromatic carbocycles. The number of benzene rings is 1. The average Bonchev–Trinajstić information content (AvgIpc) is 3.29. The summed E-state index contributed by atoms with van der Waals surface area (Å²) in [4.78, 5) is 13.9. The van der Waals surface area contributed by atoms with E-state index in [1.54, 1.807) is 0 Å². The van der Waals surface area contributed by atoms with Crippen LogP contribution in [0.1, 0.15) is 17.5 Å². The summed E-state index contributed by atoms with van der Waals surface area (Å²) in [5.74, 6) is 0.994. The van der Waals surface area contributed by atoms with Crippen molar-refractivity contribution in [3.8, 4) is 5.75 Å². The molecule has 1 aromatic rings. The molecule has 0 N–H and O–H groups in total. The molecule has 2 aliphatic rings. The van der Waals surface area contributed by atoms with Gasteiger partial charge in [-0.15, -0.1) is 0 Å². The Bertz CT molecular complexity index is 513. The second-order valence-corrected chi connectivity index (χ2v) is 5.56. The second kappa shape index (κ2) is 6.45. The fourth-order valence-electron chi connectivity index (χ4n) is 2.37. The average molecular weight is 291 g/mol. The van der Waals surface area contributed by atoms with Gasteiger partial charge in [0.05, 0.1) is 26.2 Å². The van der Waals surface area contributed by atoms with Crippen molar-refractivity contribution < 1.29 is 19.0 Å².